The highest BCUT2D eigenvalue weighted by Gasteiger charge is 1.80. The Kier molecular flexibility index (Phi) is 4.89. The molecule has 9 heavy (non-hydrogen) atoms. The van der Waals surface area contributed by atoms with Crippen LogP contribution in [-0.2, 0) is 0 Å². The Morgan fingerprint density at radius 2 is 2.22 bits per heavy atom. The van der Waals surface area contributed by atoms with Gasteiger partial charge in [0.1, 0.15) is 0 Å². The molecule has 0 heterocycles. The molecule has 0 N–H and O–H groups in total. The zero-order chi connectivity index (χ0) is 7.11. The van der Waals surface area contributed by atoms with Crippen molar-refractivity contribution in [2.45, 2.75) is 20.3 Å². The van der Waals surface area contributed by atoms with E-state index < -0.39 is 0 Å². The Morgan fingerprint density at radius 1 is 1.56 bits per heavy atom. The van der Waals surface area contributed by atoms with E-state index in [0.29, 0.717) is 0 Å². The van der Waals surface area contributed by atoms with Crippen molar-refractivity contribution in [3.8, 4) is 0 Å². The standard InChI is InChI=1S/C9H14/c1-4-7-9(6-3)8-5-2/h4-5,7-8H,1,6H2,2-3H3/b8-5-,9-7-. The van der Waals surface area contributed by atoms with Crippen LogP contribution in [0, 0.1) is 0 Å². The minimum atomic E-state index is 1.08. The molecule has 0 heteroatoms. The SMILES string of the molecule is C=C/C=C(\C=C/C)CC. The van der Waals surface area contributed by atoms with Crippen molar-refractivity contribution in [1.82, 2.24) is 0 Å². The molecule has 0 unspecified atom stereocenters. The topological polar surface area (TPSA) is 0 Å². The molecule has 0 saturated carbocycles. The maximum Gasteiger partial charge on any atom is -0.0308 e. The second kappa shape index (κ2) is 5.36. The lowest BCUT2D eigenvalue weighted by Gasteiger charge is -1.90. The fourth-order valence-electron chi connectivity index (χ4n) is 0.657. The largest absolute Gasteiger partial charge is 0.0991 e. The van der Waals surface area contributed by atoms with Gasteiger partial charge in [0.25, 0.3) is 0 Å². The van der Waals surface area contributed by atoms with Crippen LogP contribution in [0.15, 0.2) is 36.5 Å². The van der Waals surface area contributed by atoms with E-state index in [2.05, 4.69) is 19.6 Å². The third kappa shape index (κ3) is 3.77. The van der Waals surface area contributed by atoms with Crippen LogP contribution in [0.1, 0.15) is 20.3 Å². The van der Waals surface area contributed by atoms with Gasteiger partial charge in [-0.25, -0.2) is 0 Å². The molecular formula is C9H14. The third-order valence-electron chi connectivity index (χ3n) is 1.12. The van der Waals surface area contributed by atoms with E-state index in [4.69, 9.17) is 0 Å². The Labute approximate surface area is 57.6 Å². The maximum absolute atomic E-state index is 3.62. The van der Waals surface area contributed by atoms with Crippen molar-refractivity contribution in [2.24, 2.45) is 0 Å². The summed E-state index contributed by atoms with van der Waals surface area (Å²) in [7, 11) is 0. The summed E-state index contributed by atoms with van der Waals surface area (Å²) in [5, 5.41) is 0. The fraction of sp³-hybridized carbons (Fsp3) is 0.333. The van der Waals surface area contributed by atoms with Crippen LogP contribution in [0.25, 0.3) is 0 Å². The molecule has 0 aliphatic heterocycles. The molecule has 0 aromatic heterocycles. The molecule has 50 valence electrons. The summed E-state index contributed by atoms with van der Waals surface area (Å²) in [5.41, 5.74) is 1.33. The van der Waals surface area contributed by atoms with E-state index in [1.807, 2.05) is 25.2 Å². The number of rotatable bonds is 3. The molecule has 0 radical (unpaired) electrons. The highest BCUT2D eigenvalue weighted by Crippen LogP contribution is 2.01. The van der Waals surface area contributed by atoms with Gasteiger partial charge in [0.15, 0.2) is 0 Å². The van der Waals surface area contributed by atoms with Gasteiger partial charge in [-0.2, -0.15) is 0 Å². The third-order valence-corrected chi connectivity index (χ3v) is 1.12. The van der Waals surface area contributed by atoms with Crippen LogP contribution in [0.2, 0.25) is 0 Å². The Morgan fingerprint density at radius 3 is 2.56 bits per heavy atom. The summed E-state index contributed by atoms with van der Waals surface area (Å²) in [6, 6.07) is 0. The number of hydrogen-bond donors (Lipinski definition) is 0. The van der Waals surface area contributed by atoms with Crippen molar-refractivity contribution >= 4 is 0 Å². The Balaban J connectivity index is 3.96. The van der Waals surface area contributed by atoms with Gasteiger partial charge in [0.05, 0.1) is 0 Å². The minimum Gasteiger partial charge on any atom is -0.0991 e. The van der Waals surface area contributed by atoms with E-state index in [9.17, 15) is 0 Å². The second-order valence-corrected chi connectivity index (χ2v) is 1.83. The van der Waals surface area contributed by atoms with Gasteiger partial charge in [-0.05, 0) is 18.9 Å². The molecule has 0 fully saturated rings. The molecule has 0 atom stereocenters. The Bertz CT molecular complexity index is 127. The molecule has 0 amide bonds. The molecule has 0 spiro atoms. The molecule has 0 aromatic rings. The minimum absolute atomic E-state index is 1.08. The summed E-state index contributed by atoms with van der Waals surface area (Å²) in [6.07, 6.45) is 9.07. The van der Waals surface area contributed by atoms with Crippen LogP contribution in [-0.4, -0.2) is 0 Å². The van der Waals surface area contributed by atoms with E-state index in [0.717, 1.165) is 6.42 Å². The first-order valence-electron chi connectivity index (χ1n) is 3.29. The average molecular weight is 122 g/mol. The molecule has 0 nitrogen and oxygen atoms in total. The molecule has 0 aliphatic carbocycles. The summed E-state index contributed by atoms with van der Waals surface area (Å²) < 4.78 is 0. The monoisotopic (exact) mass is 122 g/mol. The highest BCUT2D eigenvalue weighted by molar-refractivity contribution is 5.21. The number of allylic oxidation sites excluding steroid dienone is 5. The lowest BCUT2D eigenvalue weighted by atomic mass is 10.2. The normalized spacial score (nSPS) is 12.4. The first-order chi connectivity index (χ1) is 4.35. The highest BCUT2D eigenvalue weighted by atomic mass is 13.9. The van der Waals surface area contributed by atoms with Crippen LogP contribution in [0.5, 0.6) is 0 Å². The van der Waals surface area contributed by atoms with Gasteiger partial charge >= 0.3 is 0 Å². The van der Waals surface area contributed by atoms with Crippen LogP contribution in [0.3, 0.4) is 0 Å². The van der Waals surface area contributed by atoms with Gasteiger partial charge < -0.3 is 0 Å². The lowest BCUT2D eigenvalue weighted by molar-refractivity contribution is 1.15. The van der Waals surface area contributed by atoms with E-state index >= 15 is 0 Å². The molecule has 0 aromatic carbocycles. The second-order valence-electron chi connectivity index (χ2n) is 1.83. The average Bonchev–Trinajstić information content (AvgIpc) is 1.88. The lowest BCUT2D eigenvalue weighted by Crippen LogP contribution is -1.70. The van der Waals surface area contributed by atoms with Crippen molar-refractivity contribution in [2.75, 3.05) is 0 Å². The van der Waals surface area contributed by atoms with Gasteiger partial charge in [-0.1, -0.05) is 37.8 Å². The van der Waals surface area contributed by atoms with E-state index in [1.165, 1.54) is 5.57 Å². The zero-order valence-corrected chi connectivity index (χ0v) is 6.22. The first-order valence-corrected chi connectivity index (χ1v) is 3.29. The van der Waals surface area contributed by atoms with Crippen LogP contribution in [0.4, 0.5) is 0 Å². The maximum atomic E-state index is 3.62. The molecular weight excluding hydrogens is 108 g/mol. The molecule has 0 bridgehead atoms. The molecule has 0 saturated heterocycles. The van der Waals surface area contributed by atoms with Gasteiger partial charge in [-0.3, -0.25) is 0 Å². The Hall–Kier alpha value is -0.780. The molecule has 0 aliphatic rings. The molecule has 0 rings (SSSR count). The predicted octanol–water partition coefficient (Wildman–Crippen LogP) is 3.08. The summed E-state index contributed by atoms with van der Waals surface area (Å²) in [4.78, 5) is 0. The van der Waals surface area contributed by atoms with Crippen LogP contribution >= 0.6 is 0 Å². The van der Waals surface area contributed by atoms with Crippen molar-refractivity contribution in [3.05, 3.63) is 36.5 Å². The van der Waals surface area contributed by atoms with Gasteiger partial charge in [0.2, 0.25) is 0 Å². The number of hydrogen-bond acceptors (Lipinski definition) is 0. The fourth-order valence-corrected chi connectivity index (χ4v) is 0.657. The van der Waals surface area contributed by atoms with Gasteiger partial charge in [0, 0.05) is 0 Å². The smallest absolute Gasteiger partial charge is 0.0308 e. The quantitative estimate of drug-likeness (QED) is 0.504. The summed E-state index contributed by atoms with van der Waals surface area (Å²) >= 11 is 0. The van der Waals surface area contributed by atoms with Gasteiger partial charge in [-0.15, -0.1) is 0 Å². The van der Waals surface area contributed by atoms with E-state index in [1.54, 1.807) is 0 Å². The predicted molar refractivity (Wildman–Crippen MR) is 43.4 cm³/mol. The zero-order valence-electron chi connectivity index (χ0n) is 6.22. The van der Waals surface area contributed by atoms with E-state index in [-0.39, 0.29) is 0 Å². The van der Waals surface area contributed by atoms with Crippen molar-refractivity contribution in [3.63, 3.8) is 0 Å². The van der Waals surface area contributed by atoms with Crippen molar-refractivity contribution < 1.29 is 0 Å². The van der Waals surface area contributed by atoms with Crippen LogP contribution < -0.4 is 0 Å². The van der Waals surface area contributed by atoms with Crippen molar-refractivity contribution in [1.29, 1.82) is 0 Å². The first kappa shape index (κ1) is 8.22. The summed E-state index contributed by atoms with van der Waals surface area (Å²) in [5.74, 6) is 0. The summed E-state index contributed by atoms with van der Waals surface area (Å²) in [6.45, 7) is 7.78.